The van der Waals surface area contributed by atoms with Crippen LogP contribution in [0.4, 0.5) is 0 Å². The van der Waals surface area contributed by atoms with Gasteiger partial charge < -0.3 is 4.74 Å². The average molecular weight is 515 g/mol. The Morgan fingerprint density at radius 3 is 2.47 bits per heavy atom. The molecule has 2 aliphatic carbocycles. The van der Waals surface area contributed by atoms with Crippen LogP contribution in [-0.2, 0) is 6.42 Å². The van der Waals surface area contributed by atoms with Gasteiger partial charge in [-0.3, -0.25) is 4.79 Å². The molecule has 0 radical (unpaired) electrons. The summed E-state index contributed by atoms with van der Waals surface area (Å²) in [5, 5.41) is 9.52. The van der Waals surface area contributed by atoms with Crippen molar-refractivity contribution < 1.29 is 9.53 Å². The number of carbonyl (C=O) groups is 1. The lowest BCUT2D eigenvalue weighted by Crippen LogP contribution is -2.65. The standard InChI is InChI=1S/C27H29BrClNO2/c1-26(2)24(10-5-16-11-18-13-19(28)7-9-21(18)23(31)12-16)27(3,4)25(26)32-20-8-6-17(15-30)22(29)14-20/h6-9,13-14,16,24-25H,5,10-12H2,1-4H3. The predicted octanol–water partition coefficient (Wildman–Crippen LogP) is 7.63. The van der Waals surface area contributed by atoms with Crippen molar-refractivity contribution in [3.8, 4) is 11.8 Å². The molecule has 2 aliphatic rings. The highest BCUT2D eigenvalue weighted by molar-refractivity contribution is 9.10. The molecule has 0 amide bonds. The van der Waals surface area contributed by atoms with Crippen molar-refractivity contribution in [2.24, 2.45) is 22.7 Å². The number of fused-ring (bicyclic) bond motifs is 1. The second-order valence-electron chi connectivity index (χ2n) is 10.5. The molecule has 0 N–H and O–H groups in total. The Kier molecular flexibility index (Phi) is 6.20. The normalized spacial score (nSPS) is 25.4. The lowest BCUT2D eigenvalue weighted by atomic mass is 9.44. The number of ether oxygens (including phenoxy) is 1. The number of ketones is 1. The molecule has 0 spiro atoms. The van der Waals surface area contributed by atoms with Crippen molar-refractivity contribution in [2.75, 3.05) is 0 Å². The molecule has 2 aromatic carbocycles. The number of hydrogen-bond acceptors (Lipinski definition) is 3. The number of rotatable bonds is 5. The van der Waals surface area contributed by atoms with E-state index >= 15 is 0 Å². The van der Waals surface area contributed by atoms with Gasteiger partial charge in [-0.25, -0.2) is 0 Å². The number of nitrogens with zero attached hydrogens (tertiary/aromatic N) is 1. The summed E-state index contributed by atoms with van der Waals surface area (Å²) >= 11 is 9.74. The summed E-state index contributed by atoms with van der Waals surface area (Å²) < 4.78 is 7.44. The van der Waals surface area contributed by atoms with Gasteiger partial charge in [0, 0.05) is 33.4 Å². The third-order valence-corrected chi connectivity index (χ3v) is 8.48. The summed E-state index contributed by atoms with van der Waals surface area (Å²) in [6.45, 7) is 9.10. The van der Waals surface area contributed by atoms with Crippen molar-refractivity contribution in [1.82, 2.24) is 0 Å². The quantitative estimate of drug-likeness (QED) is 0.412. The van der Waals surface area contributed by atoms with Crippen molar-refractivity contribution in [3.63, 3.8) is 0 Å². The molecular formula is C27H29BrClNO2. The first-order valence-electron chi connectivity index (χ1n) is 11.2. The maximum atomic E-state index is 12.7. The molecule has 0 aliphatic heterocycles. The molecule has 0 heterocycles. The number of halogens is 2. The highest BCUT2D eigenvalue weighted by Gasteiger charge is 2.62. The molecule has 1 saturated carbocycles. The average Bonchev–Trinajstić information content (AvgIpc) is 2.71. The molecule has 168 valence electrons. The van der Waals surface area contributed by atoms with Gasteiger partial charge in [-0.2, -0.15) is 5.26 Å². The molecule has 0 bridgehead atoms. The lowest BCUT2D eigenvalue weighted by molar-refractivity contribution is -0.201. The third-order valence-electron chi connectivity index (χ3n) is 7.68. The summed E-state index contributed by atoms with van der Waals surface area (Å²) in [5.41, 5.74) is 2.53. The largest absolute Gasteiger partial charge is 0.489 e. The fourth-order valence-electron chi connectivity index (χ4n) is 6.40. The number of benzene rings is 2. The van der Waals surface area contributed by atoms with Crippen LogP contribution in [0.15, 0.2) is 40.9 Å². The molecule has 1 atom stereocenters. The van der Waals surface area contributed by atoms with E-state index in [1.165, 1.54) is 5.56 Å². The van der Waals surface area contributed by atoms with E-state index in [0.717, 1.165) is 29.3 Å². The topological polar surface area (TPSA) is 50.1 Å². The van der Waals surface area contributed by atoms with Gasteiger partial charge >= 0.3 is 0 Å². The number of nitriles is 1. The zero-order valence-electron chi connectivity index (χ0n) is 19.0. The smallest absolute Gasteiger partial charge is 0.163 e. The zero-order chi connectivity index (χ0) is 23.3. The molecule has 1 fully saturated rings. The Morgan fingerprint density at radius 2 is 1.81 bits per heavy atom. The molecule has 3 nitrogen and oxygen atoms in total. The predicted molar refractivity (Wildman–Crippen MR) is 131 cm³/mol. The van der Waals surface area contributed by atoms with E-state index in [0.29, 0.717) is 34.6 Å². The first kappa shape index (κ1) is 23.3. The van der Waals surface area contributed by atoms with Crippen LogP contribution in [0.25, 0.3) is 0 Å². The van der Waals surface area contributed by atoms with Crippen LogP contribution in [0.5, 0.6) is 5.75 Å². The van der Waals surface area contributed by atoms with Crippen molar-refractivity contribution in [1.29, 1.82) is 5.26 Å². The van der Waals surface area contributed by atoms with Gasteiger partial charge in [0.05, 0.1) is 10.6 Å². The Hall–Kier alpha value is -1.83. The molecule has 4 rings (SSSR count). The summed E-state index contributed by atoms with van der Waals surface area (Å²) in [5.74, 6) is 1.87. The van der Waals surface area contributed by atoms with E-state index < -0.39 is 0 Å². The van der Waals surface area contributed by atoms with E-state index in [1.54, 1.807) is 12.1 Å². The summed E-state index contributed by atoms with van der Waals surface area (Å²) in [6.07, 6.45) is 3.79. The van der Waals surface area contributed by atoms with Gasteiger partial charge in [-0.05, 0) is 60.9 Å². The van der Waals surface area contributed by atoms with E-state index in [9.17, 15) is 4.79 Å². The lowest BCUT2D eigenvalue weighted by Gasteiger charge is -2.63. The summed E-state index contributed by atoms with van der Waals surface area (Å²) in [6, 6.07) is 13.4. The second-order valence-corrected chi connectivity index (χ2v) is 11.8. The van der Waals surface area contributed by atoms with Crippen LogP contribution in [-0.4, -0.2) is 11.9 Å². The van der Waals surface area contributed by atoms with Gasteiger partial charge in [0.1, 0.15) is 17.9 Å². The molecule has 5 heteroatoms. The van der Waals surface area contributed by atoms with Crippen LogP contribution in [0.1, 0.15) is 68.4 Å². The highest BCUT2D eigenvalue weighted by atomic mass is 79.9. The first-order valence-corrected chi connectivity index (χ1v) is 12.4. The summed E-state index contributed by atoms with van der Waals surface area (Å²) in [7, 11) is 0. The molecular weight excluding hydrogens is 486 g/mol. The third kappa shape index (κ3) is 4.11. The van der Waals surface area contributed by atoms with Crippen LogP contribution < -0.4 is 4.74 Å². The van der Waals surface area contributed by atoms with Crippen LogP contribution >= 0.6 is 27.5 Å². The Balaban J connectivity index is 1.43. The minimum Gasteiger partial charge on any atom is -0.489 e. The summed E-state index contributed by atoms with van der Waals surface area (Å²) in [4.78, 5) is 12.7. The molecule has 0 aromatic heterocycles. The minimum atomic E-state index is 0.00346. The molecule has 1 unspecified atom stereocenters. The maximum absolute atomic E-state index is 12.7. The van der Waals surface area contributed by atoms with Crippen LogP contribution in [0.2, 0.25) is 5.02 Å². The van der Waals surface area contributed by atoms with E-state index in [1.807, 2.05) is 18.2 Å². The Labute approximate surface area is 204 Å². The van der Waals surface area contributed by atoms with E-state index in [4.69, 9.17) is 21.6 Å². The van der Waals surface area contributed by atoms with Gasteiger partial charge in [0.2, 0.25) is 0 Å². The molecule has 0 saturated heterocycles. The number of hydrogen-bond donors (Lipinski definition) is 0. The van der Waals surface area contributed by atoms with Gasteiger partial charge in [0.25, 0.3) is 0 Å². The van der Waals surface area contributed by atoms with Gasteiger partial charge in [-0.15, -0.1) is 0 Å². The highest BCUT2D eigenvalue weighted by Crippen LogP contribution is 2.62. The van der Waals surface area contributed by atoms with Crippen molar-refractivity contribution >= 4 is 33.3 Å². The van der Waals surface area contributed by atoms with Crippen LogP contribution in [0, 0.1) is 34.0 Å². The fraction of sp³-hybridized carbons (Fsp3) is 0.481. The van der Waals surface area contributed by atoms with Gasteiger partial charge in [-0.1, -0.05) is 61.3 Å². The number of Topliss-reactive ketones (excluding diaryl/α,β-unsaturated/α-hetero) is 1. The van der Waals surface area contributed by atoms with Gasteiger partial charge in [0.15, 0.2) is 5.78 Å². The van der Waals surface area contributed by atoms with Crippen LogP contribution in [0.3, 0.4) is 0 Å². The number of carbonyl (C=O) groups excluding carboxylic acids is 1. The maximum Gasteiger partial charge on any atom is 0.163 e. The van der Waals surface area contributed by atoms with Crippen molar-refractivity contribution in [3.05, 3.63) is 62.6 Å². The van der Waals surface area contributed by atoms with E-state index in [2.05, 4.69) is 55.8 Å². The van der Waals surface area contributed by atoms with E-state index in [-0.39, 0.29) is 22.7 Å². The SMILES string of the molecule is CC1(C)C(CCC2CC(=O)c3ccc(Br)cc3C2)C(C)(C)C1Oc1ccc(C#N)c(Cl)c1. The first-order chi connectivity index (χ1) is 15.0. The second kappa shape index (κ2) is 8.50. The minimum absolute atomic E-state index is 0.00346. The Morgan fingerprint density at radius 1 is 1.09 bits per heavy atom. The zero-order valence-corrected chi connectivity index (χ0v) is 21.4. The monoisotopic (exact) mass is 513 g/mol. The fourth-order valence-corrected chi connectivity index (χ4v) is 7.02. The Bertz CT molecular complexity index is 1090. The van der Waals surface area contributed by atoms with Crippen molar-refractivity contribution in [2.45, 2.75) is 59.5 Å². The molecule has 32 heavy (non-hydrogen) atoms. The molecule has 2 aromatic rings.